The fourth-order valence-electron chi connectivity index (χ4n) is 2.81. The molecule has 0 spiro atoms. The lowest BCUT2D eigenvalue weighted by atomic mass is 10.2. The van der Waals surface area contributed by atoms with Crippen LogP contribution in [-0.2, 0) is 17.5 Å². The van der Waals surface area contributed by atoms with Gasteiger partial charge in [0.15, 0.2) is 18.0 Å². The minimum atomic E-state index is -4.59. The number of hydrogen-bond acceptors (Lipinski definition) is 3. The van der Waals surface area contributed by atoms with Gasteiger partial charge in [0.05, 0.1) is 31.4 Å². The fourth-order valence-corrected chi connectivity index (χ4v) is 3.03. The maximum atomic E-state index is 12.9. The number of halogens is 4. The topological polar surface area (TPSA) is 52.0 Å². The molecule has 0 bridgehead atoms. The first-order chi connectivity index (χ1) is 13.6. The third-order valence-electron chi connectivity index (χ3n) is 4.05. The number of methoxy groups -OCH3 is 1. The van der Waals surface area contributed by atoms with Crippen LogP contribution in [0.2, 0.25) is 5.02 Å². The highest BCUT2D eigenvalue weighted by Gasteiger charge is 2.33. The van der Waals surface area contributed by atoms with Crippen LogP contribution in [0.3, 0.4) is 0 Å². The first-order valence-corrected chi connectivity index (χ1v) is 9.29. The van der Waals surface area contributed by atoms with Gasteiger partial charge in [-0.2, -0.15) is 13.2 Å². The lowest BCUT2D eigenvalue weighted by Gasteiger charge is -2.16. The standard InChI is InChI=1S/C20H22ClF3N2O3/c1-4-29-17-8-5-13(9-18(17)28-3)11-26(2)12-19(27)25-14-6-7-16(21)15(10-14)20(22,23)24/h5-10H,4,11-12H2,1-3H3,(H,25,27)/p+1. The van der Waals surface area contributed by atoms with Gasteiger partial charge in [0.2, 0.25) is 0 Å². The quantitative estimate of drug-likeness (QED) is 0.673. The number of hydrogen-bond donors (Lipinski definition) is 2. The third kappa shape index (κ3) is 6.54. The number of anilines is 1. The number of benzene rings is 2. The van der Waals surface area contributed by atoms with E-state index in [2.05, 4.69) is 5.32 Å². The molecule has 0 aliphatic heterocycles. The molecule has 2 N–H and O–H groups in total. The number of rotatable bonds is 8. The Labute approximate surface area is 172 Å². The van der Waals surface area contributed by atoms with Crippen LogP contribution < -0.4 is 19.7 Å². The van der Waals surface area contributed by atoms with Crippen molar-refractivity contribution in [1.29, 1.82) is 0 Å². The lowest BCUT2D eigenvalue weighted by Crippen LogP contribution is -3.08. The Morgan fingerprint density at radius 1 is 1.17 bits per heavy atom. The minimum Gasteiger partial charge on any atom is -0.493 e. The van der Waals surface area contributed by atoms with Gasteiger partial charge < -0.3 is 19.7 Å². The molecular formula is C20H23ClF3N2O3+. The van der Waals surface area contributed by atoms with Crippen LogP contribution in [-0.4, -0.2) is 33.2 Å². The largest absolute Gasteiger partial charge is 0.493 e. The van der Waals surface area contributed by atoms with E-state index in [1.807, 2.05) is 26.1 Å². The monoisotopic (exact) mass is 431 g/mol. The molecule has 9 heteroatoms. The Morgan fingerprint density at radius 2 is 1.90 bits per heavy atom. The molecule has 0 aliphatic rings. The van der Waals surface area contributed by atoms with Crippen LogP contribution in [0.1, 0.15) is 18.1 Å². The first-order valence-electron chi connectivity index (χ1n) is 8.91. The van der Waals surface area contributed by atoms with E-state index >= 15 is 0 Å². The summed E-state index contributed by atoms with van der Waals surface area (Å²) in [6.45, 7) is 2.98. The Bertz CT molecular complexity index is 859. The van der Waals surface area contributed by atoms with E-state index in [1.165, 1.54) is 6.07 Å². The summed E-state index contributed by atoms with van der Waals surface area (Å²) in [4.78, 5) is 13.1. The van der Waals surface area contributed by atoms with Crippen LogP contribution in [0.25, 0.3) is 0 Å². The second-order valence-corrected chi connectivity index (χ2v) is 6.88. The number of alkyl halides is 3. The molecule has 2 aromatic carbocycles. The summed E-state index contributed by atoms with van der Waals surface area (Å²) in [7, 11) is 3.36. The molecular weight excluding hydrogens is 409 g/mol. The second kappa shape index (κ2) is 9.84. The SMILES string of the molecule is CCOc1ccc(C[NH+](C)CC(=O)Nc2ccc(Cl)c(C(F)(F)F)c2)cc1OC. The molecule has 0 fully saturated rings. The molecule has 1 amide bonds. The zero-order valence-corrected chi connectivity index (χ0v) is 17.1. The average Bonchev–Trinajstić information content (AvgIpc) is 2.63. The summed E-state index contributed by atoms with van der Waals surface area (Å²) in [5, 5.41) is 2.07. The summed E-state index contributed by atoms with van der Waals surface area (Å²) >= 11 is 5.59. The predicted octanol–water partition coefficient (Wildman–Crippen LogP) is 3.42. The van der Waals surface area contributed by atoms with Crippen LogP contribution in [0.5, 0.6) is 11.5 Å². The van der Waals surface area contributed by atoms with Gasteiger partial charge in [-0.25, -0.2) is 0 Å². The van der Waals surface area contributed by atoms with Crippen LogP contribution >= 0.6 is 11.6 Å². The number of carbonyl (C=O) groups excluding carboxylic acids is 1. The molecule has 0 saturated heterocycles. The van der Waals surface area contributed by atoms with Crippen molar-refractivity contribution in [3.05, 3.63) is 52.5 Å². The molecule has 158 valence electrons. The fraction of sp³-hybridized carbons (Fsp3) is 0.350. The van der Waals surface area contributed by atoms with Crippen molar-refractivity contribution in [1.82, 2.24) is 0 Å². The summed E-state index contributed by atoms with van der Waals surface area (Å²) in [6, 6.07) is 8.79. The predicted molar refractivity (Wildman–Crippen MR) is 105 cm³/mol. The van der Waals surface area contributed by atoms with Gasteiger partial charge in [-0.05, 0) is 43.3 Å². The highest BCUT2D eigenvalue weighted by molar-refractivity contribution is 6.31. The summed E-state index contributed by atoms with van der Waals surface area (Å²) in [6.07, 6.45) is -4.59. The molecule has 0 saturated carbocycles. The van der Waals surface area contributed by atoms with E-state index in [0.717, 1.165) is 22.6 Å². The Balaban J connectivity index is 1.99. The first kappa shape index (κ1) is 22.8. The van der Waals surface area contributed by atoms with Crippen molar-refractivity contribution in [3.63, 3.8) is 0 Å². The number of likely N-dealkylation sites (N-methyl/N-ethyl adjacent to an activating group) is 1. The molecule has 0 aliphatic carbocycles. The van der Waals surface area contributed by atoms with Crippen LogP contribution in [0.4, 0.5) is 18.9 Å². The molecule has 29 heavy (non-hydrogen) atoms. The number of quaternary nitrogens is 1. The van der Waals surface area contributed by atoms with Gasteiger partial charge in [0.25, 0.3) is 5.91 Å². The average molecular weight is 432 g/mol. The normalized spacial score (nSPS) is 12.4. The summed E-state index contributed by atoms with van der Waals surface area (Å²) in [5.41, 5.74) is -0.0112. The summed E-state index contributed by atoms with van der Waals surface area (Å²) < 4.78 is 49.6. The van der Waals surface area contributed by atoms with Crippen LogP contribution in [0.15, 0.2) is 36.4 Å². The van der Waals surface area contributed by atoms with Crippen molar-refractivity contribution >= 4 is 23.2 Å². The van der Waals surface area contributed by atoms with E-state index in [-0.39, 0.29) is 12.2 Å². The molecule has 0 heterocycles. The van der Waals surface area contributed by atoms with Gasteiger partial charge in [0.1, 0.15) is 6.54 Å². The second-order valence-electron chi connectivity index (χ2n) is 6.47. The number of carbonyl (C=O) groups is 1. The van der Waals surface area contributed by atoms with Gasteiger partial charge in [-0.1, -0.05) is 11.6 Å². The van der Waals surface area contributed by atoms with Gasteiger partial charge >= 0.3 is 6.18 Å². The smallest absolute Gasteiger partial charge is 0.417 e. The molecule has 5 nitrogen and oxygen atoms in total. The molecule has 0 aromatic heterocycles. The van der Waals surface area contributed by atoms with E-state index in [9.17, 15) is 18.0 Å². The molecule has 0 radical (unpaired) electrons. The highest BCUT2D eigenvalue weighted by atomic mass is 35.5. The number of ether oxygens (including phenoxy) is 2. The Hall–Kier alpha value is -2.45. The van der Waals surface area contributed by atoms with Crippen LogP contribution in [0, 0.1) is 0 Å². The van der Waals surface area contributed by atoms with Gasteiger partial charge in [-0.15, -0.1) is 0 Å². The minimum absolute atomic E-state index is 0.0438. The molecule has 2 rings (SSSR count). The van der Waals surface area contributed by atoms with Crippen molar-refractivity contribution < 1.29 is 32.3 Å². The Kier molecular flexibility index (Phi) is 7.75. The van der Waals surface area contributed by atoms with E-state index < -0.39 is 22.7 Å². The zero-order chi connectivity index (χ0) is 21.6. The van der Waals surface area contributed by atoms with E-state index in [0.29, 0.717) is 24.7 Å². The molecule has 2 aromatic rings. The maximum absolute atomic E-state index is 12.9. The van der Waals surface area contributed by atoms with E-state index in [1.54, 1.807) is 13.2 Å². The third-order valence-corrected chi connectivity index (χ3v) is 4.38. The van der Waals surface area contributed by atoms with E-state index in [4.69, 9.17) is 21.1 Å². The number of nitrogens with one attached hydrogen (secondary N) is 2. The van der Waals surface area contributed by atoms with Gasteiger partial charge in [-0.3, -0.25) is 4.79 Å². The van der Waals surface area contributed by atoms with Crippen molar-refractivity contribution in [2.45, 2.75) is 19.6 Å². The molecule has 1 unspecified atom stereocenters. The Morgan fingerprint density at radius 3 is 2.52 bits per heavy atom. The van der Waals surface area contributed by atoms with Crippen molar-refractivity contribution in [2.75, 3.05) is 32.6 Å². The highest BCUT2D eigenvalue weighted by Crippen LogP contribution is 2.36. The molecule has 1 atom stereocenters. The lowest BCUT2D eigenvalue weighted by molar-refractivity contribution is -0.885. The summed E-state index contributed by atoms with van der Waals surface area (Å²) in [5.74, 6) is 0.829. The zero-order valence-electron chi connectivity index (χ0n) is 16.3. The maximum Gasteiger partial charge on any atom is 0.417 e. The van der Waals surface area contributed by atoms with Crippen molar-refractivity contribution in [3.8, 4) is 11.5 Å². The number of amides is 1. The van der Waals surface area contributed by atoms with Gasteiger partial charge in [0, 0.05) is 11.3 Å². The van der Waals surface area contributed by atoms with Crippen molar-refractivity contribution in [2.24, 2.45) is 0 Å².